The van der Waals surface area contributed by atoms with Crippen LogP contribution in [0, 0.1) is 0 Å². The Bertz CT molecular complexity index is 795. The number of carbonyl (C=O) groups is 2. The Labute approximate surface area is 166 Å². The molecule has 0 saturated carbocycles. The third-order valence-corrected chi connectivity index (χ3v) is 4.83. The van der Waals surface area contributed by atoms with E-state index in [-0.39, 0.29) is 11.7 Å². The summed E-state index contributed by atoms with van der Waals surface area (Å²) in [5, 5.41) is 2.94. The van der Waals surface area contributed by atoms with Gasteiger partial charge in [0.25, 0.3) is 0 Å². The largest absolute Gasteiger partial charge is 0.494 e. The van der Waals surface area contributed by atoms with Gasteiger partial charge in [0.05, 0.1) is 13.2 Å². The Morgan fingerprint density at radius 1 is 0.964 bits per heavy atom. The minimum atomic E-state index is -0.0107. The molecular formula is C22H27N3O3. The highest BCUT2D eigenvalue weighted by molar-refractivity contribution is 5.94. The fourth-order valence-electron chi connectivity index (χ4n) is 3.28. The Kier molecular flexibility index (Phi) is 6.66. The van der Waals surface area contributed by atoms with Gasteiger partial charge < -0.3 is 15.0 Å². The van der Waals surface area contributed by atoms with E-state index in [1.54, 1.807) is 6.92 Å². The molecule has 1 saturated heterocycles. The van der Waals surface area contributed by atoms with Gasteiger partial charge >= 0.3 is 0 Å². The van der Waals surface area contributed by atoms with Gasteiger partial charge in [0.15, 0.2) is 5.78 Å². The van der Waals surface area contributed by atoms with E-state index in [9.17, 15) is 9.59 Å². The first kappa shape index (κ1) is 19.9. The molecule has 2 aromatic carbocycles. The van der Waals surface area contributed by atoms with Crippen LogP contribution in [-0.4, -0.2) is 55.9 Å². The van der Waals surface area contributed by atoms with Gasteiger partial charge in [0.2, 0.25) is 5.91 Å². The van der Waals surface area contributed by atoms with Crippen LogP contribution in [-0.2, 0) is 4.79 Å². The second-order valence-corrected chi connectivity index (χ2v) is 6.87. The van der Waals surface area contributed by atoms with Gasteiger partial charge in [-0.05, 0) is 62.4 Å². The van der Waals surface area contributed by atoms with Crippen molar-refractivity contribution < 1.29 is 14.3 Å². The number of hydrogen-bond acceptors (Lipinski definition) is 5. The van der Waals surface area contributed by atoms with Crippen molar-refractivity contribution in [1.82, 2.24) is 4.90 Å². The Morgan fingerprint density at radius 2 is 1.61 bits per heavy atom. The first-order chi connectivity index (χ1) is 13.5. The summed E-state index contributed by atoms with van der Waals surface area (Å²) < 4.78 is 5.41. The maximum atomic E-state index is 12.3. The van der Waals surface area contributed by atoms with Crippen LogP contribution in [0.5, 0.6) is 5.75 Å². The summed E-state index contributed by atoms with van der Waals surface area (Å²) in [7, 11) is 0. The fourth-order valence-corrected chi connectivity index (χ4v) is 3.28. The maximum Gasteiger partial charge on any atom is 0.238 e. The summed E-state index contributed by atoms with van der Waals surface area (Å²) in [5.74, 6) is 0.867. The molecule has 3 rings (SSSR count). The number of ether oxygens (including phenoxy) is 1. The molecule has 0 aromatic heterocycles. The average molecular weight is 381 g/mol. The molecule has 6 nitrogen and oxygen atoms in total. The highest BCUT2D eigenvalue weighted by atomic mass is 16.5. The first-order valence-corrected chi connectivity index (χ1v) is 9.66. The number of nitrogens with zero attached hydrogens (tertiary/aromatic N) is 2. The molecule has 1 fully saturated rings. The normalized spacial score (nSPS) is 14.6. The lowest BCUT2D eigenvalue weighted by Gasteiger charge is -2.35. The molecule has 148 valence electrons. The molecule has 0 bridgehead atoms. The number of rotatable bonds is 7. The molecule has 2 aromatic rings. The average Bonchev–Trinajstić information content (AvgIpc) is 2.70. The molecule has 0 radical (unpaired) electrons. The van der Waals surface area contributed by atoms with Gasteiger partial charge in [-0.15, -0.1) is 0 Å². The molecule has 0 unspecified atom stereocenters. The number of amides is 1. The van der Waals surface area contributed by atoms with Gasteiger partial charge in [-0.2, -0.15) is 0 Å². The molecule has 1 aliphatic heterocycles. The molecule has 0 atom stereocenters. The summed E-state index contributed by atoms with van der Waals surface area (Å²) >= 11 is 0. The lowest BCUT2D eigenvalue weighted by Crippen LogP contribution is -2.48. The fraction of sp³-hybridized carbons (Fsp3) is 0.364. The zero-order chi connectivity index (χ0) is 19.9. The quantitative estimate of drug-likeness (QED) is 0.747. The Hall–Kier alpha value is -2.86. The van der Waals surface area contributed by atoms with Crippen molar-refractivity contribution in [2.24, 2.45) is 0 Å². The molecule has 6 heteroatoms. The maximum absolute atomic E-state index is 12.3. The molecule has 1 aliphatic rings. The molecule has 1 heterocycles. The summed E-state index contributed by atoms with van der Waals surface area (Å²) in [5.41, 5.74) is 2.62. The van der Waals surface area contributed by atoms with Crippen molar-refractivity contribution in [3.8, 4) is 5.75 Å². The minimum Gasteiger partial charge on any atom is -0.494 e. The molecule has 0 aliphatic carbocycles. The van der Waals surface area contributed by atoms with Gasteiger partial charge in [-0.1, -0.05) is 0 Å². The Morgan fingerprint density at radius 3 is 2.18 bits per heavy atom. The van der Waals surface area contributed by atoms with E-state index < -0.39 is 0 Å². The molecule has 28 heavy (non-hydrogen) atoms. The summed E-state index contributed by atoms with van der Waals surface area (Å²) in [4.78, 5) is 28.1. The number of piperazine rings is 1. The summed E-state index contributed by atoms with van der Waals surface area (Å²) in [6.45, 7) is 7.88. The third-order valence-electron chi connectivity index (χ3n) is 4.83. The molecule has 1 N–H and O–H groups in total. The number of Topliss-reactive ketones (excluding diaryl/α,β-unsaturated/α-hetero) is 1. The number of benzene rings is 2. The highest BCUT2D eigenvalue weighted by Crippen LogP contribution is 2.18. The van der Waals surface area contributed by atoms with Crippen LogP contribution in [0.2, 0.25) is 0 Å². The number of hydrogen-bond donors (Lipinski definition) is 1. The second-order valence-electron chi connectivity index (χ2n) is 6.87. The number of anilines is 2. The summed E-state index contributed by atoms with van der Waals surface area (Å²) in [6.07, 6.45) is 0. The van der Waals surface area contributed by atoms with Crippen LogP contribution in [0.15, 0.2) is 48.5 Å². The lowest BCUT2D eigenvalue weighted by atomic mass is 10.1. The van der Waals surface area contributed by atoms with E-state index in [0.717, 1.165) is 48.9 Å². The van der Waals surface area contributed by atoms with E-state index in [2.05, 4.69) is 15.1 Å². The number of carbonyl (C=O) groups excluding carboxylic acids is 2. The number of nitrogens with one attached hydrogen (secondary N) is 1. The van der Waals surface area contributed by atoms with Gasteiger partial charge in [0, 0.05) is 43.1 Å². The standard InChI is InChI=1S/C22H27N3O3/c1-3-28-21-10-6-19(7-11-21)23-22(27)16-24-12-14-25(15-13-24)20-8-4-18(5-9-20)17(2)26/h4-11H,3,12-16H2,1-2H3,(H,23,27). The zero-order valence-electron chi connectivity index (χ0n) is 16.5. The molecular weight excluding hydrogens is 354 g/mol. The summed E-state index contributed by atoms with van der Waals surface area (Å²) in [6, 6.07) is 15.1. The van der Waals surface area contributed by atoms with E-state index >= 15 is 0 Å². The van der Waals surface area contributed by atoms with Crippen molar-refractivity contribution in [2.45, 2.75) is 13.8 Å². The van der Waals surface area contributed by atoms with Crippen LogP contribution >= 0.6 is 0 Å². The predicted octanol–water partition coefficient (Wildman–Crippen LogP) is 3.05. The van der Waals surface area contributed by atoms with Crippen LogP contribution in [0.1, 0.15) is 24.2 Å². The second kappa shape index (κ2) is 9.37. The van der Waals surface area contributed by atoms with Crippen molar-refractivity contribution in [3.63, 3.8) is 0 Å². The predicted molar refractivity (Wildman–Crippen MR) is 111 cm³/mol. The Balaban J connectivity index is 1.45. The minimum absolute atomic E-state index is 0.0107. The van der Waals surface area contributed by atoms with Crippen molar-refractivity contribution in [2.75, 3.05) is 49.5 Å². The monoisotopic (exact) mass is 381 g/mol. The SMILES string of the molecule is CCOc1ccc(NC(=O)CN2CCN(c3ccc(C(C)=O)cc3)CC2)cc1. The lowest BCUT2D eigenvalue weighted by molar-refractivity contribution is -0.117. The van der Waals surface area contributed by atoms with Crippen LogP contribution in [0.4, 0.5) is 11.4 Å². The highest BCUT2D eigenvalue weighted by Gasteiger charge is 2.19. The van der Waals surface area contributed by atoms with E-state index in [0.29, 0.717) is 13.2 Å². The van der Waals surface area contributed by atoms with Crippen molar-refractivity contribution in [3.05, 3.63) is 54.1 Å². The van der Waals surface area contributed by atoms with Crippen LogP contribution in [0.3, 0.4) is 0 Å². The topological polar surface area (TPSA) is 61.9 Å². The molecule has 1 amide bonds. The zero-order valence-corrected chi connectivity index (χ0v) is 16.5. The van der Waals surface area contributed by atoms with E-state index in [1.165, 1.54) is 0 Å². The van der Waals surface area contributed by atoms with Crippen molar-refractivity contribution >= 4 is 23.1 Å². The van der Waals surface area contributed by atoms with Gasteiger partial charge in [0.1, 0.15) is 5.75 Å². The molecule has 0 spiro atoms. The van der Waals surface area contributed by atoms with E-state index in [1.807, 2.05) is 55.5 Å². The van der Waals surface area contributed by atoms with Crippen LogP contribution in [0.25, 0.3) is 0 Å². The smallest absolute Gasteiger partial charge is 0.238 e. The van der Waals surface area contributed by atoms with Crippen LogP contribution < -0.4 is 15.0 Å². The van der Waals surface area contributed by atoms with Gasteiger partial charge in [-0.3, -0.25) is 14.5 Å². The number of ketones is 1. The van der Waals surface area contributed by atoms with E-state index in [4.69, 9.17) is 4.74 Å². The van der Waals surface area contributed by atoms with Crippen molar-refractivity contribution in [1.29, 1.82) is 0 Å². The first-order valence-electron chi connectivity index (χ1n) is 9.66. The third kappa shape index (κ3) is 5.33. The van der Waals surface area contributed by atoms with Gasteiger partial charge in [-0.25, -0.2) is 0 Å².